The van der Waals surface area contributed by atoms with Crippen LogP contribution in [-0.2, 0) is 10.8 Å². The van der Waals surface area contributed by atoms with E-state index >= 15 is 0 Å². The Morgan fingerprint density at radius 3 is 1.48 bits per heavy atom. The van der Waals surface area contributed by atoms with Crippen molar-refractivity contribution >= 4 is 0 Å². The molecule has 2 aliphatic heterocycles. The molecule has 0 bridgehead atoms. The smallest absolute Gasteiger partial charge is 0.252 e. The van der Waals surface area contributed by atoms with E-state index in [0.29, 0.717) is 0 Å². The molecule has 2 aromatic carbocycles. The average molecular weight is 336 g/mol. The van der Waals surface area contributed by atoms with Gasteiger partial charge in [-0.15, -0.1) is 0 Å². The molecule has 0 atom stereocenters. The first-order valence-electron chi connectivity index (χ1n) is 9.21. The van der Waals surface area contributed by atoms with Gasteiger partial charge in [-0.25, -0.2) is 0 Å². The van der Waals surface area contributed by atoms with Gasteiger partial charge in [-0.05, 0) is 37.1 Å². The molecule has 0 saturated heterocycles. The molecule has 2 aliphatic rings. The van der Waals surface area contributed by atoms with Gasteiger partial charge in [0.05, 0.1) is 0 Å². The van der Waals surface area contributed by atoms with E-state index in [0.717, 1.165) is 24.3 Å². The highest BCUT2D eigenvalue weighted by atomic mass is 16.7. The molecule has 2 aromatic rings. The molecule has 132 valence electrons. The fourth-order valence-electron chi connectivity index (χ4n) is 4.71. The SMILES string of the molecule is Cc1ccc2c(c1)OC1(CC2(C)C)CC(C)(C)c2ccc(C)cc2O1. The van der Waals surface area contributed by atoms with Crippen LogP contribution in [0, 0.1) is 13.8 Å². The van der Waals surface area contributed by atoms with Gasteiger partial charge in [-0.2, -0.15) is 0 Å². The van der Waals surface area contributed by atoms with Gasteiger partial charge < -0.3 is 9.47 Å². The predicted molar refractivity (Wildman–Crippen MR) is 102 cm³/mol. The summed E-state index contributed by atoms with van der Waals surface area (Å²) in [6.07, 6.45) is 1.71. The number of aryl methyl sites for hydroxylation is 2. The van der Waals surface area contributed by atoms with E-state index < -0.39 is 5.79 Å². The second-order valence-corrected chi connectivity index (χ2v) is 9.24. The Balaban J connectivity index is 1.84. The minimum Gasteiger partial charge on any atom is -0.452 e. The molecule has 0 aromatic heterocycles. The van der Waals surface area contributed by atoms with Crippen LogP contribution in [0.25, 0.3) is 0 Å². The van der Waals surface area contributed by atoms with Crippen LogP contribution in [0.1, 0.15) is 62.8 Å². The summed E-state index contributed by atoms with van der Waals surface area (Å²) < 4.78 is 13.2. The van der Waals surface area contributed by atoms with Gasteiger partial charge in [0.2, 0.25) is 0 Å². The van der Waals surface area contributed by atoms with Crippen LogP contribution in [0.4, 0.5) is 0 Å². The maximum atomic E-state index is 6.59. The van der Waals surface area contributed by atoms with Crippen LogP contribution in [0.15, 0.2) is 36.4 Å². The first-order chi connectivity index (χ1) is 11.6. The van der Waals surface area contributed by atoms with Gasteiger partial charge in [-0.1, -0.05) is 52.0 Å². The molecular weight excluding hydrogens is 308 g/mol. The molecule has 0 radical (unpaired) electrons. The Bertz CT molecular complexity index is 774. The van der Waals surface area contributed by atoms with Crippen molar-refractivity contribution in [3.8, 4) is 11.5 Å². The van der Waals surface area contributed by atoms with Crippen molar-refractivity contribution in [3.63, 3.8) is 0 Å². The zero-order chi connectivity index (χ0) is 18.0. The Morgan fingerprint density at radius 1 is 0.680 bits per heavy atom. The van der Waals surface area contributed by atoms with E-state index in [1.807, 2.05) is 0 Å². The second-order valence-electron chi connectivity index (χ2n) is 9.24. The summed E-state index contributed by atoms with van der Waals surface area (Å²) in [6, 6.07) is 13.1. The molecule has 25 heavy (non-hydrogen) atoms. The fraction of sp³-hybridized carbons (Fsp3) is 0.478. The predicted octanol–water partition coefficient (Wildman–Crippen LogP) is 5.82. The zero-order valence-corrected chi connectivity index (χ0v) is 16.2. The lowest BCUT2D eigenvalue weighted by Crippen LogP contribution is -2.55. The number of fused-ring (bicyclic) bond motifs is 2. The van der Waals surface area contributed by atoms with E-state index in [-0.39, 0.29) is 10.8 Å². The number of rotatable bonds is 0. The summed E-state index contributed by atoms with van der Waals surface area (Å²) in [5.41, 5.74) is 5.02. The number of benzene rings is 2. The van der Waals surface area contributed by atoms with Crippen molar-refractivity contribution in [3.05, 3.63) is 58.7 Å². The molecule has 1 spiro atoms. The normalized spacial score (nSPS) is 21.7. The van der Waals surface area contributed by atoms with Gasteiger partial charge in [0.15, 0.2) is 0 Å². The van der Waals surface area contributed by atoms with E-state index in [2.05, 4.69) is 77.9 Å². The lowest BCUT2D eigenvalue weighted by molar-refractivity contribution is -0.166. The van der Waals surface area contributed by atoms with Crippen LogP contribution in [0.3, 0.4) is 0 Å². The summed E-state index contributed by atoms with van der Waals surface area (Å²) in [7, 11) is 0. The Morgan fingerprint density at radius 2 is 1.08 bits per heavy atom. The van der Waals surface area contributed by atoms with Crippen LogP contribution in [0.2, 0.25) is 0 Å². The summed E-state index contributed by atoms with van der Waals surface area (Å²) in [5.74, 6) is 1.35. The molecular formula is C23H28O2. The van der Waals surface area contributed by atoms with Crippen molar-refractivity contribution in [2.75, 3.05) is 0 Å². The van der Waals surface area contributed by atoms with Gasteiger partial charge >= 0.3 is 0 Å². The second kappa shape index (κ2) is 5.03. The molecule has 0 aliphatic carbocycles. The standard InChI is InChI=1S/C23H28O2/c1-15-7-9-17-19(11-15)24-23(13-21(17,3)4)14-22(5,6)18-10-8-16(2)12-20(18)25-23/h7-12H,13-14H2,1-6H3. The topological polar surface area (TPSA) is 18.5 Å². The van der Waals surface area contributed by atoms with E-state index in [9.17, 15) is 0 Å². The number of hydrogen-bond acceptors (Lipinski definition) is 2. The summed E-state index contributed by atoms with van der Waals surface area (Å²) in [4.78, 5) is 0. The fourth-order valence-corrected chi connectivity index (χ4v) is 4.71. The van der Waals surface area contributed by atoms with Gasteiger partial charge in [0, 0.05) is 34.8 Å². The van der Waals surface area contributed by atoms with Gasteiger partial charge in [-0.3, -0.25) is 0 Å². The summed E-state index contributed by atoms with van der Waals surface area (Å²) in [6.45, 7) is 13.4. The van der Waals surface area contributed by atoms with Crippen LogP contribution < -0.4 is 9.47 Å². The molecule has 0 unspecified atom stereocenters. The van der Waals surface area contributed by atoms with Gasteiger partial charge in [0.25, 0.3) is 5.79 Å². The van der Waals surface area contributed by atoms with Crippen LogP contribution in [0.5, 0.6) is 11.5 Å². The van der Waals surface area contributed by atoms with Crippen molar-refractivity contribution < 1.29 is 9.47 Å². The highest BCUT2D eigenvalue weighted by Crippen LogP contribution is 2.53. The summed E-state index contributed by atoms with van der Waals surface area (Å²) >= 11 is 0. The molecule has 0 saturated carbocycles. The molecule has 0 amide bonds. The average Bonchev–Trinajstić information content (AvgIpc) is 2.43. The highest BCUT2D eigenvalue weighted by molar-refractivity contribution is 5.48. The van der Waals surface area contributed by atoms with Crippen LogP contribution in [-0.4, -0.2) is 5.79 Å². The van der Waals surface area contributed by atoms with Gasteiger partial charge in [0.1, 0.15) is 11.5 Å². The zero-order valence-electron chi connectivity index (χ0n) is 16.2. The first-order valence-corrected chi connectivity index (χ1v) is 9.21. The highest BCUT2D eigenvalue weighted by Gasteiger charge is 2.53. The number of ether oxygens (including phenoxy) is 2. The largest absolute Gasteiger partial charge is 0.452 e. The first kappa shape index (κ1) is 16.5. The third-order valence-corrected chi connectivity index (χ3v) is 5.75. The molecule has 2 heterocycles. The van der Waals surface area contributed by atoms with Crippen molar-refractivity contribution in [1.82, 2.24) is 0 Å². The summed E-state index contributed by atoms with van der Waals surface area (Å²) in [5, 5.41) is 0. The monoisotopic (exact) mass is 336 g/mol. The minimum absolute atomic E-state index is 0.0126. The lowest BCUT2D eigenvalue weighted by Gasteiger charge is -2.51. The minimum atomic E-state index is -0.603. The Hall–Kier alpha value is -1.96. The van der Waals surface area contributed by atoms with Crippen LogP contribution >= 0.6 is 0 Å². The Kier molecular flexibility index (Phi) is 3.32. The maximum absolute atomic E-state index is 6.59. The molecule has 0 fully saturated rings. The molecule has 0 N–H and O–H groups in total. The lowest BCUT2D eigenvalue weighted by atomic mass is 9.69. The molecule has 2 heteroatoms. The van der Waals surface area contributed by atoms with Crippen molar-refractivity contribution in [2.24, 2.45) is 0 Å². The third kappa shape index (κ3) is 2.63. The van der Waals surface area contributed by atoms with E-state index in [1.54, 1.807) is 0 Å². The van der Waals surface area contributed by atoms with E-state index in [4.69, 9.17) is 9.47 Å². The van der Waals surface area contributed by atoms with E-state index in [1.165, 1.54) is 22.3 Å². The van der Waals surface area contributed by atoms with Crippen molar-refractivity contribution in [2.45, 2.75) is 71.0 Å². The molecule has 4 rings (SSSR count). The quantitative estimate of drug-likeness (QED) is 0.603. The molecule has 2 nitrogen and oxygen atoms in total. The maximum Gasteiger partial charge on any atom is 0.252 e. The third-order valence-electron chi connectivity index (χ3n) is 5.75. The number of hydrogen-bond donors (Lipinski definition) is 0. The van der Waals surface area contributed by atoms with Crippen molar-refractivity contribution in [1.29, 1.82) is 0 Å². The Labute approximate surface area is 151 Å².